The van der Waals surface area contributed by atoms with Crippen LogP contribution >= 0.6 is 0 Å². The molecule has 0 unspecified atom stereocenters. The molecule has 19 heavy (non-hydrogen) atoms. The van der Waals surface area contributed by atoms with E-state index in [9.17, 15) is 8.42 Å². The Morgan fingerprint density at radius 2 is 1.37 bits per heavy atom. The van der Waals surface area contributed by atoms with E-state index in [0.29, 0.717) is 32.8 Å². The summed E-state index contributed by atoms with van der Waals surface area (Å²) in [6, 6.07) is 0. The number of hydrogen-bond acceptors (Lipinski definition) is 6. The topological polar surface area (TPSA) is 79.3 Å². The fourth-order valence-electron chi connectivity index (χ4n) is 2.60. The van der Waals surface area contributed by atoms with E-state index in [0.717, 1.165) is 26.2 Å². The summed E-state index contributed by atoms with van der Waals surface area (Å²) < 4.78 is 41.6. The maximum atomic E-state index is 11.0. The standard InChI is InChI=1S/C11H22N2O5S/c14-19(15,16)10-1-11(12-2-6-17-7-3-12)13-4-8-18-9-5-13/h11H,1-10H2,(H,14,15,16). The lowest BCUT2D eigenvalue weighted by Crippen LogP contribution is -2.55. The summed E-state index contributed by atoms with van der Waals surface area (Å²) >= 11 is 0. The first-order chi connectivity index (χ1) is 9.06. The molecule has 0 spiro atoms. The van der Waals surface area contributed by atoms with Gasteiger partial charge in [0.05, 0.1) is 38.3 Å². The molecule has 0 aliphatic carbocycles. The van der Waals surface area contributed by atoms with Crippen LogP contribution in [-0.2, 0) is 19.6 Å². The van der Waals surface area contributed by atoms with Crippen LogP contribution in [0, 0.1) is 0 Å². The van der Waals surface area contributed by atoms with Crippen molar-refractivity contribution in [1.29, 1.82) is 0 Å². The molecule has 2 aliphatic rings. The zero-order valence-electron chi connectivity index (χ0n) is 11.0. The number of morpholine rings is 2. The van der Waals surface area contributed by atoms with Gasteiger partial charge in [-0.1, -0.05) is 0 Å². The Hall–Kier alpha value is -0.250. The minimum atomic E-state index is -3.91. The average molecular weight is 294 g/mol. The Morgan fingerprint density at radius 1 is 0.947 bits per heavy atom. The lowest BCUT2D eigenvalue weighted by atomic mass is 10.2. The molecular formula is C11H22N2O5S. The Kier molecular flexibility index (Phi) is 5.55. The number of hydrogen-bond donors (Lipinski definition) is 1. The van der Waals surface area contributed by atoms with Crippen molar-refractivity contribution in [3.63, 3.8) is 0 Å². The molecule has 2 saturated heterocycles. The second-order valence-corrected chi connectivity index (χ2v) is 6.42. The molecule has 2 aliphatic heterocycles. The summed E-state index contributed by atoms with van der Waals surface area (Å²) in [5, 5.41) is 0. The molecular weight excluding hydrogens is 272 g/mol. The molecule has 0 bridgehead atoms. The van der Waals surface area contributed by atoms with Crippen molar-refractivity contribution in [3.05, 3.63) is 0 Å². The fourth-order valence-corrected chi connectivity index (χ4v) is 3.11. The Morgan fingerprint density at radius 3 is 1.74 bits per heavy atom. The van der Waals surface area contributed by atoms with Crippen molar-refractivity contribution >= 4 is 10.1 Å². The van der Waals surface area contributed by atoms with Crippen LogP contribution in [0.5, 0.6) is 0 Å². The quantitative estimate of drug-likeness (QED) is 0.669. The zero-order valence-corrected chi connectivity index (χ0v) is 11.8. The van der Waals surface area contributed by atoms with E-state index in [4.69, 9.17) is 14.0 Å². The van der Waals surface area contributed by atoms with Gasteiger partial charge in [0.15, 0.2) is 0 Å². The maximum Gasteiger partial charge on any atom is 0.264 e. The summed E-state index contributed by atoms with van der Waals surface area (Å²) in [4.78, 5) is 4.47. The molecule has 8 heteroatoms. The summed E-state index contributed by atoms with van der Waals surface area (Å²) in [5.41, 5.74) is 0. The molecule has 0 aromatic heterocycles. The zero-order chi connectivity index (χ0) is 13.7. The molecule has 2 heterocycles. The molecule has 0 radical (unpaired) electrons. The first-order valence-corrected chi connectivity index (χ1v) is 8.26. The van der Waals surface area contributed by atoms with Crippen LogP contribution in [0.25, 0.3) is 0 Å². The maximum absolute atomic E-state index is 11.0. The second-order valence-electron chi connectivity index (χ2n) is 4.85. The van der Waals surface area contributed by atoms with E-state index >= 15 is 0 Å². The van der Waals surface area contributed by atoms with Crippen molar-refractivity contribution in [3.8, 4) is 0 Å². The largest absolute Gasteiger partial charge is 0.379 e. The van der Waals surface area contributed by atoms with Gasteiger partial charge in [-0.3, -0.25) is 14.4 Å². The second kappa shape index (κ2) is 6.96. The Bertz CT molecular complexity index is 345. The van der Waals surface area contributed by atoms with Crippen LogP contribution < -0.4 is 0 Å². The minimum Gasteiger partial charge on any atom is -0.379 e. The van der Waals surface area contributed by atoms with Crippen LogP contribution in [0.1, 0.15) is 6.42 Å². The average Bonchev–Trinajstić information content (AvgIpc) is 2.40. The number of rotatable bonds is 5. The highest BCUT2D eigenvalue weighted by atomic mass is 32.2. The van der Waals surface area contributed by atoms with Crippen molar-refractivity contribution in [1.82, 2.24) is 9.80 Å². The molecule has 1 N–H and O–H groups in total. The predicted octanol–water partition coefficient (Wildman–Crippen LogP) is -0.745. The van der Waals surface area contributed by atoms with E-state index < -0.39 is 10.1 Å². The molecule has 0 aromatic rings. The van der Waals surface area contributed by atoms with Crippen LogP contribution in [0.4, 0.5) is 0 Å². The van der Waals surface area contributed by atoms with Gasteiger partial charge in [0, 0.05) is 26.2 Å². The van der Waals surface area contributed by atoms with Crippen molar-refractivity contribution in [2.24, 2.45) is 0 Å². The molecule has 2 fully saturated rings. The summed E-state index contributed by atoms with van der Waals surface area (Å²) in [5.74, 6) is -0.202. The van der Waals surface area contributed by atoms with Crippen LogP contribution in [0.2, 0.25) is 0 Å². The fraction of sp³-hybridized carbons (Fsp3) is 1.00. The van der Waals surface area contributed by atoms with Gasteiger partial charge in [-0.2, -0.15) is 8.42 Å². The Labute approximate surface area is 114 Å². The molecule has 2 rings (SSSR count). The van der Waals surface area contributed by atoms with E-state index in [-0.39, 0.29) is 11.9 Å². The van der Waals surface area contributed by atoms with Gasteiger partial charge in [0.25, 0.3) is 10.1 Å². The van der Waals surface area contributed by atoms with E-state index in [1.165, 1.54) is 0 Å². The number of ether oxygens (including phenoxy) is 2. The minimum absolute atomic E-state index is 0.0368. The third-order valence-corrected chi connectivity index (χ3v) is 4.32. The number of nitrogens with zero attached hydrogens (tertiary/aromatic N) is 2. The van der Waals surface area contributed by atoms with Crippen LogP contribution in [0.15, 0.2) is 0 Å². The summed E-state index contributed by atoms with van der Waals surface area (Å²) in [6.45, 7) is 5.89. The van der Waals surface area contributed by atoms with Crippen LogP contribution in [-0.4, -0.2) is 87.3 Å². The third kappa shape index (κ3) is 4.97. The summed E-state index contributed by atoms with van der Waals surface area (Å²) in [6.07, 6.45) is 0.452. The van der Waals surface area contributed by atoms with Gasteiger partial charge >= 0.3 is 0 Å². The van der Waals surface area contributed by atoms with Crippen molar-refractivity contribution in [2.45, 2.75) is 12.6 Å². The van der Waals surface area contributed by atoms with Crippen molar-refractivity contribution in [2.75, 3.05) is 58.4 Å². The molecule has 0 saturated carbocycles. The molecule has 7 nitrogen and oxygen atoms in total. The molecule has 0 amide bonds. The Balaban J connectivity index is 1.98. The molecule has 0 aromatic carbocycles. The van der Waals surface area contributed by atoms with Gasteiger partial charge in [-0.05, 0) is 6.42 Å². The highest BCUT2D eigenvalue weighted by Gasteiger charge is 2.28. The van der Waals surface area contributed by atoms with E-state index in [1.54, 1.807) is 0 Å². The highest BCUT2D eigenvalue weighted by molar-refractivity contribution is 7.85. The van der Waals surface area contributed by atoms with Gasteiger partial charge in [-0.25, -0.2) is 0 Å². The molecule has 112 valence electrons. The predicted molar refractivity (Wildman–Crippen MR) is 69.6 cm³/mol. The monoisotopic (exact) mass is 294 g/mol. The van der Waals surface area contributed by atoms with Gasteiger partial charge in [0.2, 0.25) is 0 Å². The normalized spacial score (nSPS) is 23.9. The SMILES string of the molecule is O=S(=O)(O)CCC(N1CCOCC1)N1CCOCC1. The first-order valence-electron chi connectivity index (χ1n) is 6.65. The van der Waals surface area contributed by atoms with Gasteiger partial charge in [0.1, 0.15) is 0 Å². The van der Waals surface area contributed by atoms with Crippen LogP contribution in [0.3, 0.4) is 0 Å². The van der Waals surface area contributed by atoms with Gasteiger partial charge in [-0.15, -0.1) is 0 Å². The highest BCUT2D eigenvalue weighted by Crippen LogP contribution is 2.15. The lowest BCUT2D eigenvalue weighted by Gasteiger charge is -2.42. The molecule has 0 atom stereocenters. The van der Waals surface area contributed by atoms with E-state index in [2.05, 4.69) is 9.80 Å². The first kappa shape index (κ1) is 15.1. The lowest BCUT2D eigenvalue weighted by molar-refractivity contribution is -0.0665. The smallest absolute Gasteiger partial charge is 0.264 e. The van der Waals surface area contributed by atoms with E-state index in [1.807, 2.05) is 0 Å². The van der Waals surface area contributed by atoms with Crippen molar-refractivity contribution < 1.29 is 22.4 Å². The summed E-state index contributed by atoms with van der Waals surface area (Å²) in [7, 11) is -3.91. The third-order valence-electron chi connectivity index (χ3n) is 3.57. The van der Waals surface area contributed by atoms with Gasteiger partial charge < -0.3 is 9.47 Å².